The zero-order chi connectivity index (χ0) is 20.9. The molecule has 3 aromatic heterocycles. The van der Waals surface area contributed by atoms with Crippen molar-refractivity contribution in [1.82, 2.24) is 25.2 Å². The van der Waals surface area contributed by atoms with E-state index in [0.717, 1.165) is 6.20 Å². The molecule has 0 fully saturated rings. The molecular formula is C19H13N7O4. The summed E-state index contributed by atoms with van der Waals surface area (Å²) in [5.74, 6) is 0.0110. The standard InChI is InChI=1S/C19H13N7O4/c27-19(21-15-8-9-20-12-17(15)26(28)29)16(11-14-7-4-10-30-14)25-18(22-23-24-25)13-5-2-1-3-6-13/h1-12H,(H,20,21,27)/b16-11-. The van der Waals surface area contributed by atoms with Gasteiger partial charge in [0, 0.05) is 17.8 Å². The van der Waals surface area contributed by atoms with Gasteiger partial charge >= 0.3 is 5.69 Å². The highest BCUT2D eigenvalue weighted by atomic mass is 16.6. The molecule has 4 aromatic rings. The van der Waals surface area contributed by atoms with Gasteiger partial charge in [0.05, 0.1) is 11.2 Å². The molecule has 30 heavy (non-hydrogen) atoms. The third-order valence-corrected chi connectivity index (χ3v) is 4.03. The van der Waals surface area contributed by atoms with E-state index in [9.17, 15) is 14.9 Å². The zero-order valence-electron chi connectivity index (χ0n) is 15.2. The van der Waals surface area contributed by atoms with Crippen molar-refractivity contribution in [1.29, 1.82) is 0 Å². The molecule has 11 heteroatoms. The monoisotopic (exact) mass is 403 g/mol. The van der Waals surface area contributed by atoms with Gasteiger partial charge in [0.1, 0.15) is 23.3 Å². The molecule has 1 amide bonds. The molecule has 0 atom stereocenters. The number of hydrogen-bond donors (Lipinski definition) is 1. The van der Waals surface area contributed by atoms with Crippen LogP contribution in [0.4, 0.5) is 11.4 Å². The van der Waals surface area contributed by atoms with Crippen LogP contribution in [0.3, 0.4) is 0 Å². The van der Waals surface area contributed by atoms with E-state index in [1.54, 1.807) is 24.3 Å². The molecule has 0 spiro atoms. The maximum atomic E-state index is 13.1. The molecule has 0 unspecified atom stereocenters. The van der Waals surface area contributed by atoms with E-state index >= 15 is 0 Å². The number of nitrogens with one attached hydrogen (secondary N) is 1. The Morgan fingerprint density at radius 1 is 1.17 bits per heavy atom. The minimum absolute atomic E-state index is 0.0000803. The molecule has 1 N–H and O–H groups in total. The Hall–Kier alpha value is -4.67. The molecular weight excluding hydrogens is 390 g/mol. The van der Waals surface area contributed by atoms with Gasteiger partial charge in [-0.1, -0.05) is 30.3 Å². The second-order valence-electron chi connectivity index (χ2n) is 5.93. The van der Waals surface area contributed by atoms with E-state index in [1.165, 1.54) is 29.3 Å². The number of hydrogen-bond acceptors (Lipinski definition) is 8. The van der Waals surface area contributed by atoms with Crippen LogP contribution < -0.4 is 5.32 Å². The summed E-state index contributed by atoms with van der Waals surface area (Å²) in [6, 6.07) is 13.7. The Balaban J connectivity index is 1.77. The van der Waals surface area contributed by atoms with Gasteiger partial charge in [0.2, 0.25) is 0 Å². The number of tetrazole rings is 1. The maximum Gasteiger partial charge on any atom is 0.310 e. The highest BCUT2D eigenvalue weighted by molar-refractivity contribution is 6.24. The van der Waals surface area contributed by atoms with E-state index in [-0.39, 0.29) is 17.1 Å². The van der Waals surface area contributed by atoms with E-state index in [4.69, 9.17) is 4.42 Å². The van der Waals surface area contributed by atoms with Gasteiger partial charge in [-0.25, -0.2) is 0 Å². The molecule has 0 radical (unpaired) electrons. The van der Waals surface area contributed by atoms with Crippen molar-refractivity contribution in [2.75, 3.05) is 5.32 Å². The van der Waals surface area contributed by atoms with Crippen LogP contribution in [0, 0.1) is 10.1 Å². The second-order valence-corrected chi connectivity index (χ2v) is 5.93. The van der Waals surface area contributed by atoms with Crippen molar-refractivity contribution in [3.8, 4) is 11.4 Å². The van der Waals surface area contributed by atoms with Crippen LogP contribution in [0.25, 0.3) is 23.2 Å². The number of carbonyl (C=O) groups is 1. The number of nitro groups is 1. The van der Waals surface area contributed by atoms with Crippen molar-refractivity contribution in [3.63, 3.8) is 0 Å². The summed E-state index contributed by atoms with van der Waals surface area (Å²) in [6.45, 7) is 0. The van der Waals surface area contributed by atoms with Crippen LogP contribution >= 0.6 is 0 Å². The lowest BCUT2D eigenvalue weighted by Gasteiger charge is -2.10. The number of anilines is 1. The van der Waals surface area contributed by atoms with Crippen LogP contribution in [0.5, 0.6) is 0 Å². The number of pyridine rings is 1. The summed E-state index contributed by atoms with van der Waals surface area (Å²) >= 11 is 0. The second kappa shape index (κ2) is 8.14. The first-order valence-corrected chi connectivity index (χ1v) is 8.62. The van der Waals surface area contributed by atoms with Crippen LogP contribution in [0.2, 0.25) is 0 Å². The normalized spacial score (nSPS) is 11.3. The lowest BCUT2D eigenvalue weighted by molar-refractivity contribution is -0.384. The Labute approximate surface area is 168 Å². The van der Waals surface area contributed by atoms with Crippen LogP contribution in [0.15, 0.2) is 71.6 Å². The van der Waals surface area contributed by atoms with Crippen LogP contribution in [-0.2, 0) is 4.79 Å². The Kier molecular flexibility index (Phi) is 5.07. The molecule has 0 saturated heterocycles. The fraction of sp³-hybridized carbons (Fsp3) is 0. The molecule has 148 valence electrons. The summed E-state index contributed by atoms with van der Waals surface area (Å²) in [4.78, 5) is 27.4. The molecule has 0 aliphatic heterocycles. The van der Waals surface area contributed by atoms with E-state index in [2.05, 4.69) is 25.8 Å². The van der Waals surface area contributed by atoms with Crippen molar-refractivity contribution in [2.45, 2.75) is 0 Å². The molecule has 1 aromatic carbocycles. The van der Waals surface area contributed by atoms with E-state index < -0.39 is 10.8 Å². The number of aromatic nitrogens is 5. The van der Waals surface area contributed by atoms with Gasteiger partial charge in [-0.3, -0.25) is 19.9 Å². The fourth-order valence-electron chi connectivity index (χ4n) is 2.67. The topological polar surface area (TPSA) is 142 Å². The number of amides is 1. The minimum atomic E-state index is -0.676. The highest BCUT2D eigenvalue weighted by Gasteiger charge is 2.23. The molecule has 0 aliphatic carbocycles. The molecule has 0 bridgehead atoms. The third-order valence-electron chi connectivity index (χ3n) is 4.03. The molecule has 11 nitrogen and oxygen atoms in total. The van der Waals surface area contributed by atoms with Crippen LogP contribution in [0.1, 0.15) is 5.76 Å². The van der Waals surface area contributed by atoms with Gasteiger partial charge in [-0.2, -0.15) is 4.68 Å². The van der Waals surface area contributed by atoms with Gasteiger partial charge < -0.3 is 9.73 Å². The summed E-state index contributed by atoms with van der Waals surface area (Å²) in [7, 11) is 0. The summed E-state index contributed by atoms with van der Waals surface area (Å²) < 4.78 is 6.55. The molecule has 0 aliphatic rings. The molecule has 4 rings (SSSR count). The van der Waals surface area contributed by atoms with Gasteiger partial charge in [-0.05, 0) is 28.6 Å². The lowest BCUT2D eigenvalue weighted by Crippen LogP contribution is -2.20. The van der Waals surface area contributed by atoms with Crippen molar-refractivity contribution in [3.05, 3.63) is 83.1 Å². The first-order chi connectivity index (χ1) is 14.6. The summed E-state index contributed by atoms with van der Waals surface area (Å²) in [5, 5.41) is 25.4. The summed E-state index contributed by atoms with van der Waals surface area (Å²) in [6.07, 6.45) is 5.28. The highest BCUT2D eigenvalue weighted by Crippen LogP contribution is 2.25. The van der Waals surface area contributed by atoms with E-state index in [0.29, 0.717) is 17.1 Å². The predicted octanol–water partition coefficient (Wildman–Crippen LogP) is 2.87. The molecule has 3 heterocycles. The Bertz CT molecular complexity index is 1220. The average Bonchev–Trinajstić information content (AvgIpc) is 3.45. The lowest BCUT2D eigenvalue weighted by atomic mass is 10.2. The van der Waals surface area contributed by atoms with Crippen molar-refractivity contribution < 1.29 is 14.1 Å². The van der Waals surface area contributed by atoms with Gasteiger partial charge in [0.15, 0.2) is 5.82 Å². The van der Waals surface area contributed by atoms with E-state index in [1.807, 2.05) is 18.2 Å². The Morgan fingerprint density at radius 2 is 2.00 bits per heavy atom. The van der Waals surface area contributed by atoms with Crippen molar-refractivity contribution >= 4 is 29.1 Å². The minimum Gasteiger partial charge on any atom is -0.465 e. The van der Waals surface area contributed by atoms with Gasteiger partial charge in [-0.15, -0.1) is 5.10 Å². The number of carbonyl (C=O) groups excluding carboxylic acids is 1. The van der Waals surface area contributed by atoms with Crippen LogP contribution in [-0.4, -0.2) is 36.0 Å². The molecule has 0 saturated carbocycles. The predicted molar refractivity (Wildman–Crippen MR) is 106 cm³/mol. The van der Waals surface area contributed by atoms with Gasteiger partial charge in [0.25, 0.3) is 5.91 Å². The third kappa shape index (κ3) is 3.80. The number of rotatable bonds is 6. The smallest absolute Gasteiger partial charge is 0.310 e. The SMILES string of the molecule is O=C(Nc1ccncc1[N+](=O)[O-])/C(=C/c1ccco1)n1nnnc1-c1ccccc1. The average molecular weight is 403 g/mol. The number of furan rings is 1. The Morgan fingerprint density at radius 3 is 2.73 bits per heavy atom. The quantitative estimate of drug-likeness (QED) is 0.294. The largest absolute Gasteiger partial charge is 0.465 e. The first kappa shape index (κ1) is 18.7. The summed E-state index contributed by atoms with van der Waals surface area (Å²) in [5.41, 5.74) is 0.318. The fourth-order valence-corrected chi connectivity index (χ4v) is 2.67. The maximum absolute atomic E-state index is 13.1. The number of nitrogens with zero attached hydrogens (tertiary/aromatic N) is 6. The zero-order valence-corrected chi connectivity index (χ0v) is 15.2. The van der Waals surface area contributed by atoms with Crippen molar-refractivity contribution in [2.24, 2.45) is 0 Å². The number of benzene rings is 1. The first-order valence-electron chi connectivity index (χ1n) is 8.62.